The number of hydrogen-bond acceptors (Lipinski definition) is 5. The van der Waals surface area contributed by atoms with Gasteiger partial charge >= 0.3 is 11.9 Å². The molecule has 2 rings (SSSR count). The Hall–Kier alpha value is -1.88. The molecule has 108 valence electrons. The van der Waals surface area contributed by atoms with E-state index in [4.69, 9.17) is 9.47 Å². The van der Waals surface area contributed by atoms with Crippen LogP contribution in [-0.2, 0) is 19.1 Å². The van der Waals surface area contributed by atoms with Crippen LogP contribution in [0.3, 0.4) is 0 Å². The number of rotatable bonds is 3. The van der Waals surface area contributed by atoms with E-state index in [0.717, 1.165) is 11.1 Å². The molecule has 3 atom stereocenters. The number of benzene rings is 1. The number of ether oxygens (including phenoxy) is 2. The maximum atomic E-state index is 11.9. The number of esters is 2. The van der Waals surface area contributed by atoms with Crippen molar-refractivity contribution in [3.05, 3.63) is 35.4 Å². The van der Waals surface area contributed by atoms with Crippen molar-refractivity contribution in [2.75, 3.05) is 14.2 Å². The van der Waals surface area contributed by atoms with Crippen LogP contribution in [0.1, 0.15) is 23.6 Å². The van der Waals surface area contributed by atoms with Crippen LogP contribution in [-0.4, -0.2) is 32.2 Å². The van der Waals surface area contributed by atoms with Gasteiger partial charge in [0.15, 0.2) is 0 Å². The summed E-state index contributed by atoms with van der Waals surface area (Å²) in [6, 6.07) is 7.18. The van der Waals surface area contributed by atoms with Gasteiger partial charge in [-0.2, -0.15) is 0 Å². The Labute approximate surface area is 118 Å². The van der Waals surface area contributed by atoms with Gasteiger partial charge in [0.1, 0.15) is 6.04 Å². The van der Waals surface area contributed by atoms with Gasteiger partial charge in [0.05, 0.1) is 20.1 Å². The van der Waals surface area contributed by atoms with Crippen molar-refractivity contribution in [1.29, 1.82) is 0 Å². The molecule has 1 aromatic carbocycles. The summed E-state index contributed by atoms with van der Waals surface area (Å²) in [6.07, 6.45) is 0.387. The van der Waals surface area contributed by atoms with Gasteiger partial charge in [-0.1, -0.05) is 29.8 Å². The summed E-state index contributed by atoms with van der Waals surface area (Å²) in [5, 5.41) is 3.17. The first kappa shape index (κ1) is 14.5. The molecule has 1 aromatic rings. The summed E-state index contributed by atoms with van der Waals surface area (Å²) < 4.78 is 9.59. The fraction of sp³-hybridized carbons (Fsp3) is 0.467. The molecule has 1 fully saturated rings. The van der Waals surface area contributed by atoms with Gasteiger partial charge in [-0.05, 0) is 18.9 Å². The highest BCUT2D eigenvalue weighted by molar-refractivity contribution is 5.80. The fourth-order valence-electron chi connectivity index (χ4n) is 2.58. The lowest BCUT2D eigenvalue weighted by molar-refractivity contribution is -0.146. The van der Waals surface area contributed by atoms with E-state index in [9.17, 15) is 9.59 Å². The normalized spacial score (nSPS) is 25.2. The first-order valence-corrected chi connectivity index (χ1v) is 6.55. The van der Waals surface area contributed by atoms with E-state index in [1.807, 2.05) is 31.2 Å². The van der Waals surface area contributed by atoms with Crippen molar-refractivity contribution in [1.82, 2.24) is 5.32 Å². The third-order valence-corrected chi connectivity index (χ3v) is 3.70. The van der Waals surface area contributed by atoms with Crippen molar-refractivity contribution >= 4 is 11.9 Å². The van der Waals surface area contributed by atoms with E-state index in [0.29, 0.717) is 6.42 Å². The molecule has 1 heterocycles. The van der Waals surface area contributed by atoms with Gasteiger partial charge in [0, 0.05) is 6.04 Å². The lowest BCUT2D eigenvalue weighted by atomic mass is 9.93. The van der Waals surface area contributed by atoms with Gasteiger partial charge < -0.3 is 9.47 Å². The molecule has 0 radical (unpaired) electrons. The second kappa shape index (κ2) is 6.05. The highest BCUT2D eigenvalue weighted by Crippen LogP contribution is 2.34. The number of carbonyl (C=O) groups is 2. The molecule has 1 aliphatic rings. The summed E-state index contributed by atoms with van der Waals surface area (Å²) in [4.78, 5) is 23.6. The molecule has 0 spiro atoms. The standard InChI is InChI=1S/C15H19NO4/c1-9-4-6-10(7-5-9)13-11(14(17)19-2)8-12(16-13)15(18)20-3/h4-7,11-13,16H,8H2,1-3H3/t11-,12+,13+/m0/s1. The van der Waals surface area contributed by atoms with Crippen molar-refractivity contribution in [2.45, 2.75) is 25.4 Å². The number of hydrogen-bond donors (Lipinski definition) is 1. The second-order valence-corrected chi connectivity index (χ2v) is 5.00. The maximum absolute atomic E-state index is 11.9. The summed E-state index contributed by atoms with van der Waals surface area (Å²) in [5.41, 5.74) is 2.11. The minimum atomic E-state index is -0.476. The van der Waals surface area contributed by atoms with Crippen molar-refractivity contribution in [3.63, 3.8) is 0 Å². The molecule has 0 amide bonds. The molecular weight excluding hydrogens is 258 g/mol. The second-order valence-electron chi connectivity index (χ2n) is 5.00. The Bertz CT molecular complexity index is 497. The largest absolute Gasteiger partial charge is 0.469 e. The van der Waals surface area contributed by atoms with Crippen molar-refractivity contribution in [2.24, 2.45) is 5.92 Å². The minimum absolute atomic E-state index is 0.229. The van der Waals surface area contributed by atoms with Crippen LogP contribution in [0.5, 0.6) is 0 Å². The molecule has 0 aromatic heterocycles. The first-order valence-electron chi connectivity index (χ1n) is 6.55. The minimum Gasteiger partial charge on any atom is -0.469 e. The van der Waals surface area contributed by atoms with Gasteiger partial charge in [0.25, 0.3) is 0 Å². The van der Waals surface area contributed by atoms with Gasteiger partial charge in [-0.15, -0.1) is 0 Å². The molecule has 5 nitrogen and oxygen atoms in total. The number of methoxy groups -OCH3 is 2. The predicted molar refractivity (Wildman–Crippen MR) is 73.0 cm³/mol. The average molecular weight is 277 g/mol. The van der Waals surface area contributed by atoms with Crippen LogP contribution >= 0.6 is 0 Å². The Morgan fingerprint density at radius 1 is 1.10 bits per heavy atom. The SMILES string of the molecule is COC(=O)[C@H]1C[C@H](C(=O)OC)N[C@@H]1c1ccc(C)cc1. The summed E-state index contributed by atoms with van der Waals surface area (Å²) in [7, 11) is 2.70. The van der Waals surface area contributed by atoms with E-state index in [2.05, 4.69) is 5.32 Å². The Morgan fingerprint density at radius 2 is 1.70 bits per heavy atom. The number of aryl methyl sites for hydroxylation is 1. The van der Waals surface area contributed by atoms with E-state index >= 15 is 0 Å². The molecule has 0 aliphatic carbocycles. The number of carbonyl (C=O) groups excluding carboxylic acids is 2. The quantitative estimate of drug-likeness (QED) is 0.845. The lowest BCUT2D eigenvalue weighted by Gasteiger charge is -2.18. The summed E-state index contributed by atoms with van der Waals surface area (Å²) in [5.74, 6) is -1.05. The topological polar surface area (TPSA) is 64.6 Å². The third-order valence-electron chi connectivity index (χ3n) is 3.70. The van der Waals surface area contributed by atoms with Crippen LogP contribution in [0.15, 0.2) is 24.3 Å². The Morgan fingerprint density at radius 3 is 2.25 bits per heavy atom. The van der Waals surface area contributed by atoms with E-state index in [-0.39, 0.29) is 23.9 Å². The molecule has 0 saturated carbocycles. The molecule has 1 N–H and O–H groups in total. The molecule has 5 heteroatoms. The van der Waals surface area contributed by atoms with Crippen LogP contribution in [0, 0.1) is 12.8 Å². The Kier molecular flexibility index (Phi) is 4.39. The highest BCUT2D eigenvalue weighted by atomic mass is 16.5. The Balaban J connectivity index is 2.25. The average Bonchev–Trinajstić information content (AvgIpc) is 2.91. The molecule has 1 saturated heterocycles. The smallest absolute Gasteiger partial charge is 0.322 e. The van der Waals surface area contributed by atoms with Gasteiger partial charge in [-0.25, -0.2) is 0 Å². The predicted octanol–water partition coefficient (Wildman–Crippen LogP) is 1.36. The third kappa shape index (κ3) is 2.82. The van der Waals surface area contributed by atoms with Gasteiger partial charge in [-0.3, -0.25) is 14.9 Å². The first-order chi connectivity index (χ1) is 9.56. The van der Waals surface area contributed by atoms with E-state index in [1.165, 1.54) is 14.2 Å². The maximum Gasteiger partial charge on any atom is 0.322 e. The van der Waals surface area contributed by atoms with E-state index < -0.39 is 6.04 Å². The van der Waals surface area contributed by atoms with Crippen molar-refractivity contribution < 1.29 is 19.1 Å². The monoisotopic (exact) mass is 277 g/mol. The zero-order valence-electron chi connectivity index (χ0n) is 11.9. The van der Waals surface area contributed by atoms with E-state index in [1.54, 1.807) is 0 Å². The summed E-state index contributed by atoms with van der Waals surface area (Å²) in [6.45, 7) is 2.00. The fourth-order valence-corrected chi connectivity index (χ4v) is 2.58. The lowest BCUT2D eigenvalue weighted by Crippen LogP contribution is -2.33. The molecule has 0 bridgehead atoms. The zero-order chi connectivity index (χ0) is 14.7. The van der Waals surface area contributed by atoms with Crippen LogP contribution < -0.4 is 5.32 Å². The molecular formula is C15H19NO4. The zero-order valence-corrected chi connectivity index (χ0v) is 11.9. The van der Waals surface area contributed by atoms with Gasteiger partial charge in [0.2, 0.25) is 0 Å². The van der Waals surface area contributed by atoms with Crippen LogP contribution in [0.2, 0.25) is 0 Å². The van der Waals surface area contributed by atoms with Crippen molar-refractivity contribution in [3.8, 4) is 0 Å². The molecule has 0 unspecified atom stereocenters. The molecule has 1 aliphatic heterocycles. The number of nitrogens with one attached hydrogen (secondary N) is 1. The van der Waals surface area contributed by atoms with Crippen LogP contribution in [0.4, 0.5) is 0 Å². The highest BCUT2D eigenvalue weighted by Gasteiger charge is 2.43. The van der Waals surface area contributed by atoms with Crippen LogP contribution in [0.25, 0.3) is 0 Å². The molecule has 20 heavy (non-hydrogen) atoms. The summed E-state index contributed by atoms with van der Waals surface area (Å²) >= 11 is 0.